The molecule has 3 aromatic heterocycles. The monoisotopic (exact) mass is 479 g/mol. The molecule has 36 heavy (non-hydrogen) atoms. The van der Waals surface area contributed by atoms with Gasteiger partial charge in [0, 0.05) is 22.0 Å². The summed E-state index contributed by atoms with van der Waals surface area (Å²) in [6, 6.07) is 39.8. The summed E-state index contributed by atoms with van der Waals surface area (Å²) < 4.78 is 2.14. The largest absolute Gasteiger partial charge is 0.298 e. The fourth-order valence-corrected chi connectivity index (χ4v) is 5.25. The molecule has 0 bridgehead atoms. The molecule has 0 unspecified atom stereocenters. The van der Waals surface area contributed by atoms with Gasteiger partial charge in [0.05, 0.1) is 16.7 Å². The quantitative estimate of drug-likeness (QED) is 0.258. The lowest BCUT2D eigenvalue weighted by molar-refractivity contribution is 1.22. The van der Waals surface area contributed by atoms with Crippen molar-refractivity contribution >= 4 is 40.2 Å². The first-order valence-corrected chi connectivity index (χ1v) is 12.4. The third kappa shape index (κ3) is 3.38. The predicted octanol–water partition coefficient (Wildman–Crippen LogP) is 8.33. The molecule has 0 fully saturated rings. The lowest BCUT2D eigenvalue weighted by atomic mass is 9.97. The van der Waals surface area contributed by atoms with E-state index < -0.39 is 0 Å². The molecule has 0 N–H and O–H groups in total. The Morgan fingerprint density at radius 3 is 2.22 bits per heavy atom. The normalized spacial score (nSPS) is 11.5. The van der Waals surface area contributed by atoms with Crippen LogP contribution in [0.15, 0.2) is 126 Å². The molecule has 0 saturated carbocycles. The van der Waals surface area contributed by atoms with Gasteiger partial charge in [-0.2, -0.15) is 0 Å². The summed E-state index contributed by atoms with van der Waals surface area (Å²) in [5.41, 5.74) is 10.5. The molecule has 0 atom stereocenters. The number of hydrogen-bond acceptors (Lipinski definition) is 3. The number of thiol groups is 1. The molecule has 0 spiro atoms. The van der Waals surface area contributed by atoms with Gasteiger partial charge in [-0.15, -0.1) is 12.6 Å². The van der Waals surface area contributed by atoms with E-state index in [0.29, 0.717) is 0 Å². The van der Waals surface area contributed by atoms with E-state index in [4.69, 9.17) is 9.97 Å². The highest BCUT2D eigenvalue weighted by Crippen LogP contribution is 2.35. The van der Waals surface area contributed by atoms with Crippen LogP contribution in [0.2, 0.25) is 0 Å². The van der Waals surface area contributed by atoms with E-state index in [1.54, 1.807) is 0 Å². The maximum absolute atomic E-state index is 5.09. The number of imidazole rings is 1. The molecule has 0 saturated heterocycles. The maximum atomic E-state index is 5.09. The number of hydrogen-bond donors (Lipinski definition) is 1. The molecule has 7 aromatic rings. The number of aromatic nitrogens is 3. The Morgan fingerprint density at radius 2 is 1.33 bits per heavy atom. The molecule has 0 aliphatic heterocycles. The highest BCUT2D eigenvalue weighted by molar-refractivity contribution is 7.80. The van der Waals surface area contributed by atoms with Gasteiger partial charge in [0.1, 0.15) is 11.2 Å². The Kier molecular flexibility index (Phi) is 4.86. The smallest absolute Gasteiger partial charge is 0.137 e. The van der Waals surface area contributed by atoms with E-state index in [1.807, 2.05) is 48.5 Å². The molecule has 170 valence electrons. The van der Waals surface area contributed by atoms with E-state index in [-0.39, 0.29) is 0 Å². The molecule has 7 rings (SSSR count). The Hall–Kier alpha value is -4.41. The number of nitrogens with zero attached hydrogens (tertiary/aromatic N) is 3. The standard InChI is InChI=1S/C32H21N3S/c36-28-13-4-2-10-25(28)24-9-7-8-23(20-24)21-15-17-22(18-16-21)30-32-31(26-11-1-3-12-27(26)33-30)34-29-14-5-6-19-35(29)32/h1-20,36H. The van der Waals surface area contributed by atoms with Gasteiger partial charge in [0.25, 0.3) is 0 Å². The van der Waals surface area contributed by atoms with Crippen molar-refractivity contribution in [2.24, 2.45) is 0 Å². The molecule has 0 amide bonds. The summed E-state index contributed by atoms with van der Waals surface area (Å²) >= 11 is 4.65. The summed E-state index contributed by atoms with van der Waals surface area (Å²) in [7, 11) is 0. The molecular formula is C32H21N3S. The maximum Gasteiger partial charge on any atom is 0.137 e. The molecule has 4 heteroatoms. The zero-order valence-corrected chi connectivity index (χ0v) is 20.2. The molecule has 0 aliphatic rings. The van der Waals surface area contributed by atoms with Gasteiger partial charge in [0.15, 0.2) is 0 Å². The van der Waals surface area contributed by atoms with Gasteiger partial charge < -0.3 is 0 Å². The van der Waals surface area contributed by atoms with Crippen molar-refractivity contribution in [3.05, 3.63) is 121 Å². The fourth-order valence-electron chi connectivity index (χ4n) is 4.96. The summed E-state index contributed by atoms with van der Waals surface area (Å²) in [5, 5.41) is 1.07. The zero-order valence-electron chi connectivity index (χ0n) is 19.3. The average molecular weight is 480 g/mol. The number of para-hydroxylation sites is 1. The minimum absolute atomic E-state index is 0.921. The molecule has 3 nitrogen and oxygen atoms in total. The summed E-state index contributed by atoms with van der Waals surface area (Å²) in [6.07, 6.45) is 2.06. The van der Waals surface area contributed by atoms with Crippen LogP contribution in [-0.4, -0.2) is 14.4 Å². The van der Waals surface area contributed by atoms with E-state index in [9.17, 15) is 0 Å². The minimum Gasteiger partial charge on any atom is -0.298 e. The van der Waals surface area contributed by atoms with Crippen LogP contribution in [0.3, 0.4) is 0 Å². The van der Waals surface area contributed by atoms with Crippen molar-refractivity contribution in [3.8, 4) is 33.5 Å². The van der Waals surface area contributed by atoms with Crippen molar-refractivity contribution in [1.82, 2.24) is 14.4 Å². The van der Waals surface area contributed by atoms with Crippen LogP contribution in [0.1, 0.15) is 0 Å². The molecular weight excluding hydrogens is 458 g/mol. The van der Waals surface area contributed by atoms with Gasteiger partial charge >= 0.3 is 0 Å². The van der Waals surface area contributed by atoms with Gasteiger partial charge in [-0.3, -0.25) is 4.40 Å². The van der Waals surface area contributed by atoms with Gasteiger partial charge in [-0.1, -0.05) is 84.9 Å². The van der Waals surface area contributed by atoms with Crippen LogP contribution >= 0.6 is 12.6 Å². The first kappa shape index (κ1) is 20.9. The summed E-state index contributed by atoms with van der Waals surface area (Å²) in [5.74, 6) is 0. The van der Waals surface area contributed by atoms with E-state index in [1.165, 1.54) is 5.56 Å². The van der Waals surface area contributed by atoms with Crippen LogP contribution in [0.25, 0.3) is 61.1 Å². The van der Waals surface area contributed by atoms with Crippen LogP contribution in [0.4, 0.5) is 0 Å². The predicted molar refractivity (Wildman–Crippen MR) is 152 cm³/mol. The van der Waals surface area contributed by atoms with Gasteiger partial charge in [-0.25, -0.2) is 9.97 Å². The number of rotatable bonds is 3. The second kappa shape index (κ2) is 8.36. The second-order valence-corrected chi connectivity index (χ2v) is 9.37. The van der Waals surface area contributed by atoms with E-state index in [0.717, 1.165) is 60.4 Å². The van der Waals surface area contributed by atoms with Crippen LogP contribution < -0.4 is 0 Å². The van der Waals surface area contributed by atoms with E-state index >= 15 is 0 Å². The van der Waals surface area contributed by atoms with Crippen molar-refractivity contribution in [2.75, 3.05) is 0 Å². The van der Waals surface area contributed by atoms with E-state index in [2.05, 4.69) is 90.0 Å². The molecule has 3 heterocycles. The molecule has 0 aliphatic carbocycles. The van der Waals surface area contributed by atoms with Crippen molar-refractivity contribution in [1.29, 1.82) is 0 Å². The summed E-state index contributed by atoms with van der Waals surface area (Å²) in [4.78, 5) is 11.0. The lowest BCUT2D eigenvalue weighted by Gasteiger charge is -2.10. The Balaban J connectivity index is 1.37. The first-order valence-electron chi connectivity index (χ1n) is 11.9. The summed E-state index contributed by atoms with van der Waals surface area (Å²) in [6.45, 7) is 0. The van der Waals surface area contributed by atoms with Crippen LogP contribution in [-0.2, 0) is 0 Å². The average Bonchev–Trinajstić information content (AvgIpc) is 3.33. The highest BCUT2D eigenvalue weighted by atomic mass is 32.1. The van der Waals surface area contributed by atoms with Gasteiger partial charge in [0.2, 0.25) is 0 Å². The molecule has 4 aromatic carbocycles. The van der Waals surface area contributed by atoms with Crippen molar-refractivity contribution < 1.29 is 0 Å². The Morgan fingerprint density at radius 1 is 0.583 bits per heavy atom. The SMILES string of the molecule is Sc1ccccc1-c1cccc(-c2ccc(-c3nc4ccccc4c4nc5ccccn5c34)cc2)c1. The molecule has 0 radical (unpaired) electrons. The van der Waals surface area contributed by atoms with Crippen molar-refractivity contribution in [3.63, 3.8) is 0 Å². The Bertz CT molecular complexity index is 1900. The minimum atomic E-state index is 0.921. The second-order valence-electron chi connectivity index (χ2n) is 8.89. The highest BCUT2D eigenvalue weighted by Gasteiger charge is 2.16. The van der Waals surface area contributed by atoms with Crippen LogP contribution in [0.5, 0.6) is 0 Å². The van der Waals surface area contributed by atoms with Crippen LogP contribution in [0, 0.1) is 0 Å². The third-order valence-electron chi connectivity index (χ3n) is 6.71. The first-order chi connectivity index (χ1) is 17.8. The lowest BCUT2D eigenvalue weighted by Crippen LogP contribution is -1.92. The number of benzene rings is 4. The zero-order chi connectivity index (χ0) is 24.1. The number of fused-ring (bicyclic) bond motifs is 5. The third-order valence-corrected chi connectivity index (χ3v) is 7.10. The fraction of sp³-hybridized carbons (Fsp3) is 0. The number of pyridine rings is 2. The van der Waals surface area contributed by atoms with Gasteiger partial charge in [-0.05, 0) is 52.6 Å². The Labute approximate surface area is 214 Å². The topological polar surface area (TPSA) is 30.2 Å². The van der Waals surface area contributed by atoms with Crippen molar-refractivity contribution in [2.45, 2.75) is 4.90 Å².